The number of aromatic nitrogens is 4. The van der Waals surface area contributed by atoms with Crippen LogP contribution in [0.2, 0.25) is 0 Å². The van der Waals surface area contributed by atoms with E-state index in [0.29, 0.717) is 17.5 Å². The summed E-state index contributed by atoms with van der Waals surface area (Å²) >= 11 is 1.84. The molecule has 3 heterocycles. The molecular formula is C54H38N4S. The SMILES string of the molecule is Cc1cc(C)c(-c2ccc3c(c2)c2ccccc2n3-c2ccc(-c3cccc4sc5ccccc5c34)cc2-c2nc(-c3ccccc3)nc(-c3ccccc3)n2)c(C)c1. The summed E-state index contributed by atoms with van der Waals surface area (Å²) in [5.41, 5.74) is 14.7. The van der Waals surface area contributed by atoms with Gasteiger partial charge in [-0.2, -0.15) is 0 Å². The highest BCUT2D eigenvalue weighted by Crippen LogP contribution is 2.43. The fourth-order valence-corrected chi connectivity index (χ4v) is 10.2. The number of fused-ring (bicyclic) bond motifs is 6. The third kappa shape index (κ3) is 5.93. The number of thiophene rings is 1. The maximum atomic E-state index is 5.31. The van der Waals surface area contributed by atoms with E-state index in [2.05, 4.69) is 165 Å². The summed E-state index contributed by atoms with van der Waals surface area (Å²) in [5.74, 6) is 1.88. The van der Waals surface area contributed by atoms with Crippen LogP contribution in [0.25, 0.3) is 104 Å². The number of hydrogen-bond acceptors (Lipinski definition) is 4. The van der Waals surface area contributed by atoms with Gasteiger partial charge in [-0.15, -0.1) is 11.3 Å². The molecule has 0 bridgehead atoms. The summed E-state index contributed by atoms with van der Waals surface area (Å²) in [6.45, 7) is 6.61. The predicted molar refractivity (Wildman–Crippen MR) is 248 cm³/mol. The van der Waals surface area contributed by atoms with Crippen molar-refractivity contribution in [2.45, 2.75) is 20.8 Å². The van der Waals surface area contributed by atoms with E-state index in [1.54, 1.807) is 0 Å². The van der Waals surface area contributed by atoms with Gasteiger partial charge in [0.2, 0.25) is 0 Å². The van der Waals surface area contributed by atoms with Crippen molar-refractivity contribution in [1.29, 1.82) is 0 Å². The highest BCUT2D eigenvalue weighted by molar-refractivity contribution is 7.25. The second-order valence-corrected chi connectivity index (χ2v) is 16.5. The van der Waals surface area contributed by atoms with Gasteiger partial charge in [0.1, 0.15) is 0 Å². The van der Waals surface area contributed by atoms with Crippen molar-refractivity contribution in [3.05, 3.63) is 193 Å². The number of benzene rings is 8. The molecule has 3 aromatic heterocycles. The molecule has 4 nitrogen and oxygen atoms in total. The largest absolute Gasteiger partial charge is 0.309 e. The van der Waals surface area contributed by atoms with E-state index in [1.807, 2.05) is 47.7 Å². The van der Waals surface area contributed by atoms with Crippen molar-refractivity contribution in [1.82, 2.24) is 19.5 Å². The smallest absolute Gasteiger partial charge is 0.166 e. The maximum absolute atomic E-state index is 5.31. The second kappa shape index (κ2) is 14.0. The van der Waals surface area contributed by atoms with Gasteiger partial charge in [0, 0.05) is 47.6 Å². The second-order valence-electron chi connectivity index (χ2n) is 15.4. The first kappa shape index (κ1) is 35.0. The standard InChI is InChI=1S/C54H38N4S/c1-33-29-34(2)50(35(3)30-33)39-26-28-46-43(32-39)41-19-10-12-22-45(41)58(46)47-27-25-38(40-21-14-24-49-51(40)42-20-11-13-23-48(42)59-49)31-44(47)54-56-52(36-15-6-4-7-16-36)55-53(57-54)37-17-8-5-9-18-37/h4-32H,1-3H3. The molecule has 0 aliphatic carbocycles. The lowest BCUT2D eigenvalue weighted by molar-refractivity contribution is 1.06. The fraction of sp³-hybridized carbons (Fsp3) is 0.0556. The van der Waals surface area contributed by atoms with Crippen molar-refractivity contribution < 1.29 is 0 Å². The summed E-state index contributed by atoms with van der Waals surface area (Å²) in [7, 11) is 0. The molecule has 0 saturated heterocycles. The third-order valence-electron chi connectivity index (χ3n) is 11.5. The van der Waals surface area contributed by atoms with Crippen molar-refractivity contribution in [3.8, 4) is 62.1 Å². The third-order valence-corrected chi connectivity index (χ3v) is 12.7. The van der Waals surface area contributed by atoms with E-state index < -0.39 is 0 Å². The van der Waals surface area contributed by atoms with E-state index in [4.69, 9.17) is 15.0 Å². The van der Waals surface area contributed by atoms with E-state index >= 15 is 0 Å². The van der Waals surface area contributed by atoms with Crippen LogP contribution in [0.4, 0.5) is 0 Å². The first-order valence-electron chi connectivity index (χ1n) is 20.0. The summed E-state index contributed by atoms with van der Waals surface area (Å²) in [5, 5.41) is 4.93. The summed E-state index contributed by atoms with van der Waals surface area (Å²) in [6, 6.07) is 62.9. The highest BCUT2D eigenvalue weighted by atomic mass is 32.1. The number of aryl methyl sites for hydroxylation is 3. The normalized spacial score (nSPS) is 11.6. The maximum Gasteiger partial charge on any atom is 0.166 e. The van der Waals surface area contributed by atoms with Crippen LogP contribution in [0.1, 0.15) is 16.7 Å². The molecule has 0 spiro atoms. The van der Waals surface area contributed by atoms with Crippen molar-refractivity contribution >= 4 is 53.3 Å². The topological polar surface area (TPSA) is 43.6 Å². The molecule has 0 unspecified atom stereocenters. The first-order chi connectivity index (χ1) is 29.0. The van der Waals surface area contributed by atoms with Gasteiger partial charge in [-0.1, -0.05) is 139 Å². The van der Waals surface area contributed by atoms with Gasteiger partial charge in [0.05, 0.1) is 16.7 Å². The summed E-state index contributed by atoms with van der Waals surface area (Å²) < 4.78 is 4.95. The predicted octanol–water partition coefficient (Wildman–Crippen LogP) is 14.6. The first-order valence-corrected chi connectivity index (χ1v) is 20.8. The van der Waals surface area contributed by atoms with E-state index in [1.165, 1.54) is 64.3 Å². The molecule has 5 heteroatoms. The van der Waals surface area contributed by atoms with Crippen LogP contribution in [0, 0.1) is 20.8 Å². The molecule has 0 fully saturated rings. The van der Waals surface area contributed by atoms with Gasteiger partial charge in [0.15, 0.2) is 17.5 Å². The van der Waals surface area contributed by atoms with Gasteiger partial charge in [-0.05, 0) is 96.6 Å². The van der Waals surface area contributed by atoms with Crippen molar-refractivity contribution in [2.75, 3.05) is 0 Å². The number of hydrogen-bond donors (Lipinski definition) is 0. The van der Waals surface area contributed by atoms with Gasteiger partial charge < -0.3 is 4.57 Å². The molecule has 0 N–H and O–H groups in total. The number of para-hydroxylation sites is 1. The average Bonchev–Trinajstić information content (AvgIpc) is 3.82. The van der Waals surface area contributed by atoms with Crippen molar-refractivity contribution in [3.63, 3.8) is 0 Å². The zero-order valence-electron chi connectivity index (χ0n) is 32.9. The minimum Gasteiger partial charge on any atom is -0.309 e. The highest BCUT2D eigenvalue weighted by Gasteiger charge is 2.22. The average molecular weight is 775 g/mol. The van der Waals surface area contributed by atoms with E-state index in [9.17, 15) is 0 Å². The molecule has 0 saturated carbocycles. The van der Waals surface area contributed by atoms with Gasteiger partial charge in [-0.3, -0.25) is 0 Å². The number of rotatable bonds is 6. The lowest BCUT2D eigenvalue weighted by atomic mass is 9.93. The Morgan fingerprint density at radius 1 is 0.407 bits per heavy atom. The van der Waals surface area contributed by atoms with Crippen LogP contribution >= 0.6 is 11.3 Å². The summed E-state index contributed by atoms with van der Waals surface area (Å²) in [6.07, 6.45) is 0. The van der Waals surface area contributed by atoms with Crippen LogP contribution in [0.3, 0.4) is 0 Å². The zero-order chi connectivity index (χ0) is 39.6. The fourth-order valence-electron chi connectivity index (χ4n) is 9.05. The molecule has 0 aliphatic heterocycles. The molecule has 11 aromatic rings. The molecule has 0 atom stereocenters. The minimum absolute atomic E-state index is 0.616. The molecule has 11 rings (SSSR count). The molecule has 0 amide bonds. The lowest BCUT2D eigenvalue weighted by Gasteiger charge is -2.17. The van der Waals surface area contributed by atoms with Crippen LogP contribution in [-0.4, -0.2) is 19.5 Å². The monoisotopic (exact) mass is 774 g/mol. The Hall–Kier alpha value is -7.21. The molecule has 0 aliphatic rings. The quantitative estimate of drug-likeness (QED) is 0.169. The van der Waals surface area contributed by atoms with Crippen LogP contribution in [0.15, 0.2) is 176 Å². The lowest BCUT2D eigenvalue weighted by Crippen LogP contribution is -2.04. The minimum atomic E-state index is 0.616. The molecule has 59 heavy (non-hydrogen) atoms. The van der Waals surface area contributed by atoms with E-state index in [0.717, 1.165) is 39.0 Å². The zero-order valence-corrected chi connectivity index (χ0v) is 33.8. The Morgan fingerprint density at radius 3 is 1.73 bits per heavy atom. The Morgan fingerprint density at radius 2 is 1.00 bits per heavy atom. The van der Waals surface area contributed by atoms with Crippen LogP contribution in [0.5, 0.6) is 0 Å². The van der Waals surface area contributed by atoms with Gasteiger partial charge in [-0.25, -0.2) is 15.0 Å². The Labute approximate surface area is 346 Å². The Kier molecular flexibility index (Phi) is 8.31. The van der Waals surface area contributed by atoms with Crippen LogP contribution in [-0.2, 0) is 0 Å². The van der Waals surface area contributed by atoms with Crippen molar-refractivity contribution in [2.24, 2.45) is 0 Å². The van der Waals surface area contributed by atoms with Gasteiger partial charge >= 0.3 is 0 Å². The van der Waals surface area contributed by atoms with Crippen LogP contribution < -0.4 is 0 Å². The Bertz CT molecular complexity index is 3330. The molecular weight excluding hydrogens is 737 g/mol. The summed E-state index contributed by atoms with van der Waals surface area (Å²) in [4.78, 5) is 15.7. The Balaban J connectivity index is 1.21. The molecule has 280 valence electrons. The number of nitrogens with zero attached hydrogens (tertiary/aromatic N) is 4. The van der Waals surface area contributed by atoms with Gasteiger partial charge in [0.25, 0.3) is 0 Å². The van der Waals surface area contributed by atoms with E-state index in [-0.39, 0.29) is 0 Å². The molecule has 0 radical (unpaired) electrons. The molecule has 8 aromatic carbocycles.